The first kappa shape index (κ1) is 23.6. The molecule has 4 unspecified atom stereocenters. The molecule has 164 valence electrons. The third kappa shape index (κ3) is 6.74. The van der Waals surface area contributed by atoms with Gasteiger partial charge < -0.3 is 4.90 Å². The van der Waals surface area contributed by atoms with E-state index in [1.807, 2.05) is 0 Å². The van der Waals surface area contributed by atoms with Crippen molar-refractivity contribution in [3.05, 3.63) is 71.3 Å². The summed E-state index contributed by atoms with van der Waals surface area (Å²) in [6.45, 7) is 6.88. The quantitative estimate of drug-likeness (QED) is 0.343. The van der Waals surface area contributed by atoms with Crippen LogP contribution in [0.25, 0.3) is 0 Å². The lowest BCUT2D eigenvalue weighted by Crippen LogP contribution is -2.36. The molecule has 1 fully saturated rings. The number of aryl methyl sites for hydroxylation is 1. The molecule has 1 aliphatic rings. The molecule has 0 aliphatic heterocycles. The van der Waals surface area contributed by atoms with E-state index in [-0.39, 0.29) is 10.8 Å². The molecule has 0 bridgehead atoms. The van der Waals surface area contributed by atoms with Crippen molar-refractivity contribution in [2.75, 3.05) is 13.1 Å². The van der Waals surface area contributed by atoms with Gasteiger partial charge in [-0.1, -0.05) is 68.4 Å². The van der Waals surface area contributed by atoms with E-state index in [0.29, 0.717) is 12.0 Å². The molecule has 3 rings (SSSR count). The molecular formula is C27H37Cl2N. The van der Waals surface area contributed by atoms with Gasteiger partial charge in [0.2, 0.25) is 0 Å². The van der Waals surface area contributed by atoms with Gasteiger partial charge >= 0.3 is 0 Å². The molecule has 0 amide bonds. The topological polar surface area (TPSA) is 3.24 Å². The minimum absolute atomic E-state index is 0.103. The van der Waals surface area contributed by atoms with Crippen LogP contribution in [0, 0.1) is 0 Å². The van der Waals surface area contributed by atoms with Crippen molar-refractivity contribution in [2.24, 2.45) is 0 Å². The van der Waals surface area contributed by atoms with E-state index in [1.54, 1.807) is 0 Å². The smallest absolute Gasteiger partial charge is 0.0505 e. The summed E-state index contributed by atoms with van der Waals surface area (Å²) >= 11 is 12.7. The van der Waals surface area contributed by atoms with Crippen LogP contribution in [0.4, 0.5) is 0 Å². The number of likely N-dealkylation sites (N-methyl/N-ethyl adjacent to an activating group) is 1. The minimum atomic E-state index is 0.103. The summed E-state index contributed by atoms with van der Waals surface area (Å²) in [6.07, 6.45) is 7.88. The average Bonchev–Trinajstić information content (AvgIpc) is 2.79. The Kier molecular flexibility index (Phi) is 9.56. The van der Waals surface area contributed by atoms with Crippen LogP contribution in [-0.4, -0.2) is 34.8 Å². The van der Waals surface area contributed by atoms with Crippen LogP contribution in [0.1, 0.15) is 68.6 Å². The Morgan fingerprint density at radius 2 is 1.57 bits per heavy atom. The van der Waals surface area contributed by atoms with Crippen LogP contribution in [0.5, 0.6) is 0 Å². The summed E-state index contributed by atoms with van der Waals surface area (Å²) in [6, 6.07) is 20.8. The van der Waals surface area contributed by atoms with Gasteiger partial charge in [0.25, 0.3) is 0 Å². The Morgan fingerprint density at radius 3 is 2.20 bits per heavy atom. The Labute approximate surface area is 193 Å². The molecule has 0 heterocycles. The molecule has 2 aromatic rings. The molecule has 2 aromatic carbocycles. The number of halogens is 2. The fourth-order valence-electron chi connectivity index (χ4n) is 4.83. The molecule has 0 radical (unpaired) electrons. The summed E-state index contributed by atoms with van der Waals surface area (Å²) < 4.78 is 0. The molecule has 30 heavy (non-hydrogen) atoms. The number of hydrogen-bond donors (Lipinski definition) is 0. The van der Waals surface area contributed by atoms with Gasteiger partial charge in [0.05, 0.1) is 5.38 Å². The SMILES string of the molecule is CCC(CCc1ccc(C2CCC(Cl)C(Cl)C2)cc1)N(CC)CCc1ccccc1. The van der Waals surface area contributed by atoms with Crippen molar-refractivity contribution in [3.63, 3.8) is 0 Å². The van der Waals surface area contributed by atoms with Crippen LogP contribution in [-0.2, 0) is 12.8 Å². The highest BCUT2D eigenvalue weighted by Crippen LogP contribution is 2.37. The molecule has 0 N–H and O–H groups in total. The van der Waals surface area contributed by atoms with Crippen LogP contribution in [0.3, 0.4) is 0 Å². The van der Waals surface area contributed by atoms with Crippen molar-refractivity contribution >= 4 is 23.2 Å². The largest absolute Gasteiger partial charge is 0.300 e. The predicted molar refractivity (Wildman–Crippen MR) is 132 cm³/mol. The third-order valence-corrected chi connectivity index (χ3v) is 7.97. The first-order valence-electron chi connectivity index (χ1n) is 11.8. The molecule has 0 spiro atoms. The van der Waals surface area contributed by atoms with Crippen LogP contribution in [0.2, 0.25) is 0 Å². The summed E-state index contributed by atoms with van der Waals surface area (Å²) in [7, 11) is 0. The Balaban J connectivity index is 1.51. The van der Waals surface area contributed by atoms with Crippen LogP contribution < -0.4 is 0 Å². The molecule has 0 aromatic heterocycles. The Hall–Kier alpha value is -1.02. The molecule has 1 nitrogen and oxygen atoms in total. The highest BCUT2D eigenvalue weighted by atomic mass is 35.5. The van der Waals surface area contributed by atoms with Gasteiger partial charge in [0.15, 0.2) is 0 Å². The van der Waals surface area contributed by atoms with Crippen molar-refractivity contribution in [1.82, 2.24) is 4.90 Å². The van der Waals surface area contributed by atoms with Crippen molar-refractivity contribution in [3.8, 4) is 0 Å². The fourth-order valence-corrected chi connectivity index (χ4v) is 5.40. The van der Waals surface area contributed by atoms with Gasteiger partial charge in [-0.05, 0) is 74.1 Å². The molecule has 1 aliphatic carbocycles. The maximum absolute atomic E-state index is 6.42. The van der Waals surface area contributed by atoms with Gasteiger partial charge in [0.1, 0.15) is 0 Å². The second-order valence-corrected chi connectivity index (χ2v) is 9.87. The van der Waals surface area contributed by atoms with Crippen molar-refractivity contribution in [1.29, 1.82) is 0 Å². The highest BCUT2D eigenvalue weighted by Gasteiger charge is 2.28. The highest BCUT2D eigenvalue weighted by molar-refractivity contribution is 6.30. The number of rotatable bonds is 10. The van der Waals surface area contributed by atoms with E-state index in [9.17, 15) is 0 Å². The summed E-state index contributed by atoms with van der Waals surface area (Å²) in [5.41, 5.74) is 4.31. The molecule has 0 saturated heterocycles. The number of nitrogens with zero attached hydrogens (tertiary/aromatic N) is 1. The van der Waals surface area contributed by atoms with E-state index in [2.05, 4.69) is 73.3 Å². The summed E-state index contributed by atoms with van der Waals surface area (Å²) in [5, 5.41) is 0.239. The van der Waals surface area contributed by atoms with Gasteiger partial charge in [-0.25, -0.2) is 0 Å². The molecule has 1 saturated carbocycles. The van der Waals surface area contributed by atoms with Crippen molar-refractivity contribution in [2.45, 2.75) is 81.5 Å². The van der Waals surface area contributed by atoms with E-state index >= 15 is 0 Å². The number of hydrogen-bond acceptors (Lipinski definition) is 1. The lowest BCUT2D eigenvalue weighted by molar-refractivity contribution is 0.193. The second kappa shape index (κ2) is 12.1. The number of benzene rings is 2. The minimum Gasteiger partial charge on any atom is -0.300 e. The van der Waals surface area contributed by atoms with Gasteiger partial charge in [-0.15, -0.1) is 23.2 Å². The van der Waals surface area contributed by atoms with E-state index in [4.69, 9.17) is 23.2 Å². The first-order chi connectivity index (χ1) is 14.6. The average molecular weight is 447 g/mol. The molecular weight excluding hydrogens is 409 g/mol. The lowest BCUT2D eigenvalue weighted by atomic mass is 9.83. The van der Waals surface area contributed by atoms with E-state index < -0.39 is 0 Å². The monoisotopic (exact) mass is 445 g/mol. The van der Waals surface area contributed by atoms with Gasteiger partial charge in [0, 0.05) is 18.0 Å². The first-order valence-corrected chi connectivity index (χ1v) is 12.6. The Morgan fingerprint density at radius 1 is 0.867 bits per heavy atom. The normalized spacial score (nSPS) is 22.9. The zero-order valence-electron chi connectivity index (χ0n) is 18.6. The predicted octanol–water partition coefficient (Wildman–Crippen LogP) is 7.44. The lowest BCUT2D eigenvalue weighted by Gasteiger charge is -2.30. The zero-order valence-corrected chi connectivity index (χ0v) is 20.1. The standard InChI is InChI=1S/C27H37Cl2N/c1-3-25(30(4-2)19-18-21-8-6-5-7-9-21)16-12-22-10-13-23(14-11-22)24-15-17-26(28)27(29)20-24/h5-11,13-14,24-27H,3-4,12,15-20H2,1-2H3. The van der Waals surface area contributed by atoms with Crippen LogP contribution in [0.15, 0.2) is 54.6 Å². The second-order valence-electron chi connectivity index (χ2n) is 8.75. The molecule has 4 atom stereocenters. The summed E-state index contributed by atoms with van der Waals surface area (Å²) in [5.74, 6) is 0.563. The molecule has 3 heteroatoms. The summed E-state index contributed by atoms with van der Waals surface area (Å²) in [4.78, 5) is 2.66. The maximum atomic E-state index is 6.42. The van der Waals surface area contributed by atoms with Crippen molar-refractivity contribution < 1.29 is 0 Å². The zero-order chi connectivity index (χ0) is 21.3. The Bertz CT molecular complexity index is 730. The fraction of sp³-hybridized carbons (Fsp3) is 0.556. The van der Waals surface area contributed by atoms with Gasteiger partial charge in [-0.3, -0.25) is 0 Å². The van der Waals surface area contributed by atoms with Gasteiger partial charge in [-0.2, -0.15) is 0 Å². The van der Waals surface area contributed by atoms with E-state index in [1.165, 1.54) is 29.5 Å². The van der Waals surface area contributed by atoms with Crippen LogP contribution >= 0.6 is 23.2 Å². The van der Waals surface area contributed by atoms with E-state index in [0.717, 1.165) is 45.2 Å². The third-order valence-electron chi connectivity index (χ3n) is 6.83. The maximum Gasteiger partial charge on any atom is 0.0505 e. The number of alkyl halides is 2.